The first-order valence-electron chi connectivity index (χ1n) is 10.1. The number of hydrogen-bond acceptors (Lipinski definition) is 6. The molecule has 0 spiro atoms. The Balaban J connectivity index is 1.34. The van der Waals surface area contributed by atoms with E-state index in [1.54, 1.807) is 0 Å². The molecule has 9 heteroatoms. The van der Waals surface area contributed by atoms with Gasteiger partial charge in [0.15, 0.2) is 6.61 Å². The highest BCUT2D eigenvalue weighted by Crippen LogP contribution is 2.25. The van der Waals surface area contributed by atoms with Gasteiger partial charge < -0.3 is 10.1 Å². The van der Waals surface area contributed by atoms with Crippen LogP contribution in [-0.2, 0) is 39.1 Å². The standard InChI is InChI=1S/C23H22N2O5S2/c26-22(24-14-20-6-3-13-31-20)16-30-23(27)18-7-9-21(10-8-18)32(28,29)25-12-11-17-4-1-2-5-19(17)15-25/h1-10,13H,11-12,14-16H2,(H,24,26). The molecule has 0 radical (unpaired) electrons. The van der Waals surface area contributed by atoms with Gasteiger partial charge in [0.25, 0.3) is 5.91 Å². The second-order valence-electron chi connectivity index (χ2n) is 7.31. The fourth-order valence-electron chi connectivity index (χ4n) is 3.45. The van der Waals surface area contributed by atoms with Crippen LogP contribution in [0.2, 0.25) is 0 Å². The Morgan fingerprint density at radius 3 is 2.47 bits per heavy atom. The summed E-state index contributed by atoms with van der Waals surface area (Å²) in [6.45, 7) is 0.700. The topological polar surface area (TPSA) is 92.8 Å². The summed E-state index contributed by atoms with van der Waals surface area (Å²) in [4.78, 5) is 25.2. The lowest BCUT2D eigenvalue weighted by molar-refractivity contribution is -0.124. The average molecular weight is 471 g/mol. The van der Waals surface area contributed by atoms with Crippen LogP contribution >= 0.6 is 11.3 Å². The minimum atomic E-state index is -3.68. The molecule has 166 valence electrons. The van der Waals surface area contributed by atoms with E-state index >= 15 is 0 Å². The van der Waals surface area contributed by atoms with Crippen molar-refractivity contribution in [2.45, 2.75) is 24.4 Å². The largest absolute Gasteiger partial charge is 0.452 e. The quantitative estimate of drug-likeness (QED) is 0.536. The zero-order valence-electron chi connectivity index (χ0n) is 17.2. The van der Waals surface area contributed by atoms with E-state index in [4.69, 9.17) is 4.74 Å². The summed E-state index contributed by atoms with van der Waals surface area (Å²) in [6.07, 6.45) is 0.661. The third kappa shape index (κ3) is 5.07. The van der Waals surface area contributed by atoms with Crippen LogP contribution < -0.4 is 5.32 Å². The maximum Gasteiger partial charge on any atom is 0.338 e. The van der Waals surface area contributed by atoms with Crippen molar-refractivity contribution in [3.05, 3.63) is 87.6 Å². The van der Waals surface area contributed by atoms with E-state index in [-0.39, 0.29) is 10.5 Å². The zero-order chi connectivity index (χ0) is 22.6. The third-order valence-electron chi connectivity index (χ3n) is 5.20. The second kappa shape index (κ2) is 9.64. The molecular weight excluding hydrogens is 448 g/mol. The number of nitrogens with one attached hydrogen (secondary N) is 1. The van der Waals surface area contributed by atoms with Crippen molar-refractivity contribution in [2.24, 2.45) is 0 Å². The number of rotatable bonds is 7. The number of carbonyl (C=O) groups is 2. The van der Waals surface area contributed by atoms with Crippen molar-refractivity contribution in [3.63, 3.8) is 0 Å². The normalized spacial score (nSPS) is 13.9. The summed E-state index contributed by atoms with van der Waals surface area (Å²) >= 11 is 1.52. The number of benzene rings is 2. The minimum absolute atomic E-state index is 0.113. The van der Waals surface area contributed by atoms with Crippen LogP contribution in [0.4, 0.5) is 0 Å². The molecule has 3 aromatic rings. The Bertz CT molecular complexity index is 1210. The van der Waals surface area contributed by atoms with Gasteiger partial charge in [0.1, 0.15) is 0 Å². The van der Waals surface area contributed by atoms with Gasteiger partial charge in [0, 0.05) is 18.0 Å². The molecule has 0 saturated carbocycles. The van der Waals surface area contributed by atoms with Crippen molar-refractivity contribution in [2.75, 3.05) is 13.2 Å². The Hall–Kier alpha value is -3.01. The number of fused-ring (bicyclic) bond motifs is 1. The van der Waals surface area contributed by atoms with Crippen molar-refractivity contribution in [1.29, 1.82) is 0 Å². The highest BCUT2D eigenvalue weighted by molar-refractivity contribution is 7.89. The Morgan fingerprint density at radius 2 is 1.75 bits per heavy atom. The highest BCUT2D eigenvalue weighted by atomic mass is 32.2. The van der Waals surface area contributed by atoms with E-state index in [1.807, 2.05) is 41.8 Å². The average Bonchev–Trinajstić information content (AvgIpc) is 3.34. The van der Waals surface area contributed by atoms with Crippen LogP contribution in [0.1, 0.15) is 26.4 Å². The van der Waals surface area contributed by atoms with E-state index in [0.29, 0.717) is 26.1 Å². The smallest absolute Gasteiger partial charge is 0.338 e. The van der Waals surface area contributed by atoms with Gasteiger partial charge in [-0.05, 0) is 53.3 Å². The number of sulfonamides is 1. The first-order valence-corrected chi connectivity index (χ1v) is 12.4. The van der Waals surface area contributed by atoms with E-state index in [2.05, 4.69) is 5.32 Å². The fourth-order valence-corrected chi connectivity index (χ4v) is 5.51. The molecule has 0 aliphatic carbocycles. The molecular formula is C23H22N2O5S2. The van der Waals surface area contributed by atoms with Crippen molar-refractivity contribution >= 4 is 33.2 Å². The number of amides is 1. The van der Waals surface area contributed by atoms with Gasteiger partial charge in [-0.3, -0.25) is 4.79 Å². The van der Waals surface area contributed by atoms with Crippen LogP contribution in [0.25, 0.3) is 0 Å². The first-order chi connectivity index (χ1) is 15.4. The van der Waals surface area contributed by atoms with Crippen LogP contribution in [0.15, 0.2) is 70.9 Å². The molecule has 1 aliphatic heterocycles. The molecule has 1 aliphatic rings. The summed E-state index contributed by atoms with van der Waals surface area (Å²) in [5, 5.41) is 4.59. The predicted molar refractivity (Wildman–Crippen MR) is 121 cm³/mol. The van der Waals surface area contributed by atoms with Crippen LogP contribution in [0.5, 0.6) is 0 Å². The van der Waals surface area contributed by atoms with Crippen LogP contribution in [0, 0.1) is 0 Å². The maximum absolute atomic E-state index is 13.0. The highest BCUT2D eigenvalue weighted by Gasteiger charge is 2.28. The number of esters is 1. The fraction of sp³-hybridized carbons (Fsp3) is 0.217. The van der Waals surface area contributed by atoms with Gasteiger partial charge in [-0.25, -0.2) is 13.2 Å². The van der Waals surface area contributed by atoms with Crippen molar-refractivity contribution < 1.29 is 22.7 Å². The summed E-state index contributed by atoms with van der Waals surface area (Å²) in [5.74, 6) is -1.09. The van der Waals surface area contributed by atoms with E-state index in [0.717, 1.165) is 16.0 Å². The van der Waals surface area contributed by atoms with Crippen molar-refractivity contribution in [1.82, 2.24) is 9.62 Å². The Labute approximate surface area is 190 Å². The number of hydrogen-bond donors (Lipinski definition) is 1. The second-order valence-corrected chi connectivity index (χ2v) is 10.3. The lowest BCUT2D eigenvalue weighted by Crippen LogP contribution is -2.35. The monoisotopic (exact) mass is 470 g/mol. The van der Waals surface area contributed by atoms with E-state index < -0.39 is 28.5 Å². The summed E-state index contributed by atoms with van der Waals surface area (Å²) in [7, 11) is -3.68. The Kier molecular flexibility index (Phi) is 6.69. The van der Waals surface area contributed by atoms with Gasteiger partial charge in [0.2, 0.25) is 10.0 Å². The van der Waals surface area contributed by atoms with Gasteiger partial charge in [0.05, 0.1) is 17.0 Å². The lowest BCUT2D eigenvalue weighted by Gasteiger charge is -2.28. The molecule has 0 atom stereocenters. The molecule has 2 aromatic carbocycles. The van der Waals surface area contributed by atoms with Crippen LogP contribution in [-0.4, -0.2) is 37.8 Å². The van der Waals surface area contributed by atoms with E-state index in [9.17, 15) is 18.0 Å². The first kappa shape index (κ1) is 22.2. The summed E-state index contributed by atoms with van der Waals surface area (Å²) in [5.41, 5.74) is 2.34. The van der Waals surface area contributed by atoms with Gasteiger partial charge in [-0.15, -0.1) is 11.3 Å². The number of ether oxygens (including phenoxy) is 1. The number of carbonyl (C=O) groups excluding carboxylic acids is 2. The molecule has 32 heavy (non-hydrogen) atoms. The molecule has 0 fully saturated rings. The summed E-state index contributed by atoms with van der Waals surface area (Å²) in [6, 6.07) is 17.2. The SMILES string of the molecule is O=C(COC(=O)c1ccc(S(=O)(=O)N2CCc3ccccc3C2)cc1)NCc1cccs1. The van der Waals surface area contributed by atoms with Gasteiger partial charge in [-0.2, -0.15) is 4.31 Å². The molecule has 1 amide bonds. The third-order valence-corrected chi connectivity index (χ3v) is 7.93. The predicted octanol–water partition coefficient (Wildman–Crippen LogP) is 2.97. The molecule has 1 N–H and O–H groups in total. The minimum Gasteiger partial charge on any atom is -0.452 e. The van der Waals surface area contributed by atoms with Gasteiger partial charge >= 0.3 is 5.97 Å². The summed E-state index contributed by atoms with van der Waals surface area (Å²) < 4.78 is 32.5. The lowest BCUT2D eigenvalue weighted by atomic mass is 10.0. The van der Waals surface area contributed by atoms with Crippen LogP contribution in [0.3, 0.4) is 0 Å². The Morgan fingerprint density at radius 1 is 1.00 bits per heavy atom. The van der Waals surface area contributed by atoms with Gasteiger partial charge in [-0.1, -0.05) is 30.3 Å². The molecule has 1 aromatic heterocycles. The number of nitrogens with zero attached hydrogens (tertiary/aromatic N) is 1. The maximum atomic E-state index is 13.0. The molecule has 4 rings (SSSR count). The molecule has 2 heterocycles. The van der Waals surface area contributed by atoms with Crippen molar-refractivity contribution in [3.8, 4) is 0 Å². The molecule has 0 saturated heterocycles. The molecule has 7 nitrogen and oxygen atoms in total. The number of thiophene rings is 1. The van der Waals surface area contributed by atoms with E-state index in [1.165, 1.54) is 39.9 Å². The molecule has 0 bridgehead atoms. The zero-order valence-corrected chi connectivity index (χ0v) is 18.8. The molecule has 0 unspecified atom stereocenters.